The zero-order chi connectivity index (χ0) is 13.3. The maximum Gasteiger partial charge on any atom is 0.0937 e. The minimum atomic E-state index is -0.515. The van der Waals surface area contributed by atoms with Crippen LogP contribution in [-0.2, 0) is 6.42 Å². The number of thiophene rings is 1. The third kappa shape index (κ3) is 2.77. The normalized spacial score (nSPS) is 12.7. The zero-order valence-electron chi connectivity index (χ0n) is 10.8. The van der Waals surface area contributed by atoms with Crippen LogP contribution >= 0.6 is 22.9 Å². The Balaban J connectivity index is 2.18. The minimum absolute atomic E-state index is 0.515. The summed E-state index contributed by atoms with van der Waals surface area (Å²) in [6, 6.07) is 6.30. The second-order valence-corrected chi connectivity index (χ2v) is 6.02. The summed E-state index contributed by atoms with van der Waals surface area (Å²) in [5.74, 6) is 0. The van der Waals surface area contributed by atoms with Crippen LogP contribution in [0.3, 0.4) is 0 Å². The molecule has 0 radical (unpaired) electrons. The van der Waals surface area contributed by atoms with Crippen molar-refractivity contribution in [2.45, 2.75) is 33.3 Å². The predicted molar refractivity (Wildman–Crippen MR) is 78.6 cm³/mol. The summed E-state index contributed by atoms with van der Waals surface area (Å²) in [5, 5.41) is 12.9. The quantitative estimate of drug-likeness (QED) is 0.871. The van der Waals surface area contributed by atoms with Crippen molar-refractivity contribution >= 4 is 22.9 Å². The van der Waals surface area contributed by atoms with Gasteiger partial charge in [0.2, 0.25) is 0 Å². The summed E-state index contributed by atoms with van der Waals surface area (Å²) >= 11 is 7.71. The Hall–Kier alpha value is -0.830. The molecule has 0 saturated carbocycles. The van der Waals surface area contributed by atoms with Crippen LogP contribution in [0.1, 0.15) is 33.2 Å². The highest BCUT2D eigenvalue weighted by atomic mass is 35.5. The van der Waals surface area contributed by atoms with Gasteiger partial charge < -0.3 is 5.11 Å². The van der Waals surface area contributed by atoms with Crippen LogP contribution in [0.5, 0.6) is 0 Å². The van der Waals surface area contributed by atoms with Crippen LogP contribution in [-0.4, -0.2) is 5.11 Å². The first-order valence-corrected chi connectivity index (χ1v) is 7.22. The first kappa shape index (κ1) is 13.6. The van der Waals surface area contributed by atoms with Gasteiger partial charge in [-0.25, -0.2) is 0 Å². The second kappa shape index (κ2) is 5.43. The molecule has 1 aromatic heterocycles. The predicted octanol–water partition coefficient (Wildman–Crippen LogP) is 4.60. The smallest absolute Gasteiger partial charge is 0.0937 e. The standard InChI is InChI=1S/C15H17ClOS/c1-9-4-5-12(6-10(9)2)7-13(17)15-14(16)11(3)8-18-15/h4-6,8,13,17H,7H2,1-3H3. The SMILES string of the molecule is Cc1ccc(CC(O)c2scc(C)c2Cl)cc1C. The molecule has 1 unspecified atom stereocenters. The Morgan fingerprint density at radius 1 is 1.17 bits per heavy atom. The summed E-state index contributed by atoms with van der Waals surface area (Å²) in [6.07, 6.45) is 0.0964. The number of benzene rings is 1. The Labute approximate surface area is 117 Å². The van der Waals surface area contributed by atoms with Gasteiger partial charge in [0.25, 0.3) is 0 Å². The highest BCUT2D eigenvalue weighted by Crippen LogP contribution is 2.34. The monoisotopic (exact) mass is 280 g/mol. The van der Waals surface area contributed by atoms with E-state index in [0.29, 0.717) is 11.4 Å². The van der Waals surface area contributed by atoms with E-state index in [4.69, 9.17) is 11.6 Å². The van der Waals surface area contributed by atoms with Gasteiger partial charge >= 0.3 is 0 Å². The van der Waals surface area contributed by atoms with E-state index in [-0.39, 0.29) is 0 Å². The highest BCUT2D eigenvalue weighted by Gasteiger charge is 2.16. The topological polar surface area (TPSA) is 20.2 Å². The fraction of sp³-hybridized carbons (Fsp3) is 0.333. The lowest BCUT2D eigenvalue weighted by Crippen LogP contribution is -2.01. The molecule has 0 aliphatic carbocycles. The van der Waals surface area contributed by atoms with Crippen molar-refractivity contribution in [1.82, 2.24) is 0 Å². The van der Waals surface area contributed by atoms with E-state index >= 15 is 0 Å². The minimum Gasteiger partial charge on any atom is -0.387 e. The molecule has 1 nitrogen and oxygen atoms in total. The van der Waals surface area contributed by atoms with Crippen molar-refractivity contribution in [2.75, 3.05) is 0 Å². The van der Waals surface area contributed by atoms with Gasteiger partial charge in [0, 0.05) is 6.42 Å². The zero-order valence-corrected chi connectivity index (χ0v) is 12.4. The van der Waals surface area contributed by atoms with Crippen LogP contribution in [0.4, 0.5) is 0 Å². The molecule has 1 aromatic carbocycles. The summed E-state index contributed by atoms with van der Waals surface area (Å²) in [4.78, 5) is 0.868. The Kier molecular flexibility index (Phi) is 4.10. The van der Waals surface area contributed by atoms with Crippen LogP contribution in [0.15, 0.2) is 23.6 Å². The number of halogens is 1. The number of hydrogen-bond donors (Lipinski definition) is 1. The van der Waals surface area contributed by atoms with E-state index in [0.717, 1.165) is 16.0 Å². The van der Waals surface area contributed by atoms with Crippen LogP contribution < -0.4 is 0 Å². The molecular formula is C15H17ClOS. The van der Waals surface area contributed by atoms with Crippen molar-refractivity contribution in [3.05, 3.63) is 55.7 Å². The molecular weight excluding hydrogens is 264 g/mol. The van der Waals surface area contributed by atoms with Gasteiger partial charge in [0.15, 0.2) is 0 Å². The van der Waals surface area contributed by atoms with E-state index < -0.39 is 6.10 Å². The molecule has 1 heterocycles. The fourth-order valence-corrected chi connectivity index (χ4v) is 3.23. The summed E-state index contributed by atoms with van der Waals surface area (Å²) in [5.41, 5.74) is 4.72. The maximum absolute atomic E-state index is 10.3. The first-order chi connectivity index (χ1) is 8.49. The van der Waals surface area contributed by atoms with E-state index in [1.54, 1.807) is 0 Å². The lowest BCUT2D eigenvalue weighted by molar-refractivity contribution is 0.182. The number of aliphatic hydroxyl groups excluding tert-OH is 1. The first-order valence-electron chi connectivity index (χ1n) is 5.96. The molecule has 18 heavy (non-hydrogen) atoms. The van der Waals surface area contributed by atoms with Crippen molar-refractivity contribution in [3.8, 4) is 0 Å². The van der Waals surface area contributed by atoms with Crippen molar-refractivity contribution in [1.29, 1.82) is 0 Å². The molecule has 0 spiro atoms. The molecule has 0 aliphatic rings. The molecule has 3 heteroatoms. The second-order valence-electron chi connectivity index (χ2n) is 4.74. The molecule has 2 aromatic rings. The van der Waals surface area contributed by atoms with Gasteiger partial charge in [-0.05, 0) is 48.4 Å². The van der Waals surface area contributed by atoms with Gasteiger partial charge in [-0.15, -0.1) is 11.3 Å². The van der Waals surface area contributed by atoms with Crippen LogP contribution in [0.2, 0.25) is 5.02 Å². The van der Waals surface area contributed by atoms with Gasteiger partial charge in [0.05, 0.1) is 16.0 Å². The molecule has 2 rings (SSSR count). The largest absolute Gasteiger partial charge is 0.387 e. The van der Waals surface area contributed by atoms with Gasteiger partial charge in [0.1, 0.15) is 0 Å². The van der Waals surface area contributed by atoms with Crippen molar-refractivity contribution in [2.24, 2.45) is 0 Å². The van der Waals surface area contributed by atoms with Gasteiger partial charge in [-0.2, -0.15) is 0 Å². The molecule has 1 atom stereocenters. The lowest BCUT2D eigenvalue weighted by Gasteiger charge is -2.11. The summed E-state index contributed by atoms with van der Waals surface area (Å²) in [7, 11) is 0. The molecule has 0 fully saturated rings. The fourth-order valence-electron chi connectivity index (χ4n) is 1.92. The molecule has 0 saturated heterocycles. The van der Waals surface area contributed by atoms with E-state index in [1.807, 2.05) is 12.3 Å². The van der Waals surface area contributed by atoms with E-state index in [2.05, 4.69) is 32.0 Å². The van der Waals surface area contributed by atoms with Crippen LogP contribution in [0, 0.1) is 20.8 Å². The summed E-state index contributed by atoms with van der Waals surface area (Å²) in [6.45, 7) is 6.15. The van der Waals surface area contributed by atoms with Crippen LogP contribution in [0.25, 0.3) is 0 Å². The molecule has 0 amide bonds. The van der Waals surface area contributed by atoms with Crippen molar-refractivity contribution < 1.29 is 5.11 Å². The molecule has 0 bridgehead atoms. The third-order valence-corrected chi connectivity index (χ3v) is 5.04. The Bertz CT molecular complexity index is 560. The lowest BCUT2D eigenvalue weighted by atomic mass is 10.0. The molecule has 1 N–H and O–H groups in total. The maximum atomic E-state index is 10.3. The Morgan fingerprint density at radius 3 is 2.44 bits per heavy atom. The Morgan fingerprint density at radius 2 is 1.89 bits per heavy atom. The van der Waals surface area contributed by atoms with Gasteiger partial charge in [-0.3, -0.25) is 0 Å². The number of aryl methyl sites for hydroxylation is 3. The summed E-state index contributed by atoms with van der Waals surface area (Å²) < 4.78 is 0. The number of hydrogen-bond acceptors (Lipinski definition) is 2. The number of aliphatic hydroxyl groups is 1. The molecule has 96 valence electrons. The third-order valence-electron chi connectivity index (χ3n) is 3.23. The highest BCUT2D eigenvalue weighted by molar-refractivity contribution is 7.10. The molecule has 0 aliphatic heterocycles. The van der Waals surface area contributed by atoms with Crippen molar-refractivity contribution in [3.63, 3.8) is 0 Å². The van der Waals surface area contributed by atoms with Gasteiger partial charge in [-0.1, -0.05) is 29.8 Å². The van der Waals surface area contributed by atoms with E-state index in [9.17, 15) is 5.11 Å². The number of rotatable bonds is 3. The average Bonchev–Trinajstić information content (AvgIpc) is 2.65. The van der Waals surface area contributed by atoms with E-state index in [1.165, 1.54) is 22.5 Å². The average molecular weight is 281 g/mol.